The van der Waals surface area contributed by atoms with Crippen molar-refractivity contribution in [2.24, 2.45) is 12.8 Å². The maximum atomic E-state index is 14.2. The molecular weight excluding hydrogens is 241 g/mol. The Balaban J connectivity index is 2.49. The zero-order chi connectivity index (χ0) is 14.2. The van der Waals surface area contributed by atoms with E-state index in [-0.39, 0.29) is 5.82 Å². The van der Waals surface area contributed by atoms with Gasteiger partial charge in [-0.1, -0.05) is 13.0 Å². The maximum absolute atomic E-state index is 14.2. The van der Waals surface area contributed by atoms with E-state index in [9.17, 15) is 4.39 Å². The van der Waals surface area contributed by atoms with Gasteiger partial charge in [-0.2, -0.15) is 5.10 Å². The molecule has 3 nitrogen and oxygen atoms in total. The fourth-order valence-corrected chi connectivity index (χ4v) is 2.48. The number of halogens is 1. The van der Waals surface area contributed by atoms with Crippen LogP contribution in [0.3, 0.4) is 0 Å². The topological polar surface area (TPSA) is 43.8 Å². The van der Waals surface area contributed by atoms with Crippen molar-refractivity contribution < 1.29 is 4.39 Å². The Bertz CT molecular complexity index is 578. The Morgan fingerprint density at radius 3 is 2.53 bits per heavy atom. The van der Waals surface area contributed by atoms with Crippen molar-refractivity contribution in [3.05, 3.63) is 52.1 Å². The van der Waals surface area contributed by atoms with E-state index in [0.717, 1.165) is 28.9 Å². The molecule has 0 aliphatic heterocycles. The quantitative estimate of drug-likeness (QED) is 0.923. The summed E-state index contributed by atoms with van der Waals surface area (Å²) in [6.45, 7) is 5.81. The van der Waals surface area contributed by atoms with Crippen LogP contribution in [-0.4, -0.2) is 9.78 Å². The van der Waals surface area contributed by atoms with Crippen LogP contribution in [0.25, 0.3) is 0 Å². The molecule has 0 spiro atoms. The lowest BCUT2D eigenvalue weighted by molar-refractivity contribution is 0.582. The van der Waals surface area contributed by atoms with Gasteiger partial charge in [0.15, 0.2) is 0 Å². The molecule has 0 radical (unpaired) electrons. The van der Waals surface area contributed by atoms with E-state index in [0.29, 0.717) is 5.56 Å². The van der Waals surface area contributed by atoms with Crippen molar-refractivity contribution in [3.8, 4) is 0 Å². The normalized spacial score (nSPS) is 12.7. The van der Waals surface area contributed by atoms with Gasteiger partial charge in [-0.3, -0.25) is 4.68 Å². The number of rotatable bonds is 3. The van der Waals surface area contributed by atoms with Gasteiger partial charge in [0.25, 0.3) is 0 Å². The highest BCUT2D eigenvalue weighted by molar-refractivity contribution is 5.38. The molecule has 2 aromatic rings. The fourth-order valence-electron chi connectivity index (χ4n) is 2.48. The molecule has 0 saturated carbocycles. The van der Waals surface area contributed by atoms with Crippen LogP contribution in [-0.2, 0) is 13.5 Å². The first-order valence-corrected chi connectivity index (χ1v) is 6.49. The van der Waals surface area contributed by atoms with Crippen LogP contribution in [0.1, 0.15) is 41.0 Å². The van der Waals surface area contributed by atoms with Gasteiger partial charge in [0.05, 0.1) is 17.4 Å². The summed E-state index contributed by atoms with van der Waals surface area (Å²) in [5, 5.41) is 4.37. The zero-order valence-electron chi connectivity index (χ0n) is 11.9. The van der Waals surface area contributed by atoms with Crippen molar-refractivity contribution in [2.45, 2.75) is 33.2 Å². The molecule has 0 aliphatic carbocycles. The summed E-state index contributed by atoms with van der Waals surface area (Å²) >= 11 is 0. The maximum Gasteiger partial charge on any atom is 0.128 e. The van der Waals surface area contributed by atoms with Gasteiger partial charge in [0.1, 0.15) is 5.82 Å². The second-order valence-corrected chi connectivity index (χ2v) is 4.99. The van der Waals surface area contributed by atoms with Crippen molar-refractivity contribution in [1.29, 1.82) is 0 Å². The first-order valence-electron chi connectivity index (χ1n) is 6.49. The number of aryl methyl sites for hydroxylation is 4. The van der Waals surface area contributed by atoms with E-state index in [1.807, 2.05) is 40.0 Å². The third kappa shape index (κ3) is 2.54. The second kappa shape index (κ2) is 5.13. The lowest BCUT2D eigenvalue weighted by Gasteiger charge is -2.16. The molecule has 2 N–H and O–H groups in total. The Morgan fingerprint density at radius 1 is 1.32 bits per heavy atom. The molecule has 0 fully saturated rings. The SMILES string of the molecule is CCc1cc(C(N)c2c(C)cc(C)cc2F)n(C)n1. The monoisotopic (exact) mass is 261 g/mol. The minimum absolute atomic E-state index is 0.246. The number of hydrogen-bond acceptors (Lipinski definition) is 2. The largest absolute Gasteiger partial charge is 0.319 e. The standard InChI is InChI=1S/C15H20FN3/c1-5-11-8-13(19(4)18-11)15(17)14-10(3)6-9(2)7-12(14)16/h6-8,15H,5,17H2,1-4H3. The summed E-state index contributed by atoms with van der Waals surface area (Å²) in [5.41, 5.74) is 10.4. The van der Waals surface area contributed by atoms with E-state index in [1.165, 1.54) is 6.07 Å². The van der Waals surface area contributed by atoms with Crippen LogP contribution in [0, 0.1) is 19.7 Å². The number of benzene rings is 1. The summed E-state index contributed by atoms with van der Waals surface area (Å²) < 4.78 is 15.9. The first kappa shape index (κ1) is 13.7. The molecule has 1 atom stereocenters. The zero-order valence-corrected chi connectivity index (χ0v) is 11.9. The van der Waals surface area contributed by atoms with Crippen LogP contribution in [0.4, 0.5) is 4.39 Å². The second-order valence-electron chi connectivity index (χ2n) is 4.99. The molecule has 0 aliphatic rings. The number of hydrogen-bond donors (Lipinski definition) is 1. The molecule has 2 rings (SSSR count). The summed E-state index contributed by atoms with van der Waals surface area (Å²) in [4.78, 5) is 0. The highest BCUT2D eigenvalue weighted by Crippen LogP contribution is 2.26. The lowest BCUT2D eigenvalue weighted by atomic mass is 9.96. The average molecular weight is 261 g/mol. The van der Waals surface area contributed by atoms with Gasteiger partial charge in [-0.15, -0.1) is 0 Å². The lowest BCUT2D eigenvalue weighted by Crippen LogP contribution is -2.18. The fraction of sp³-hybridized carbons (Fsp3) is 0.400. The smallest absolute Gasteiger partial charge is 0.128 e. The summed E-state index contributed by atoms with van der Waals surface area (Å²) in [7, 11) is 1.84. The van der Waals surface area contributed by atoms with Crippen molar-refractivity contribution in [1.82, 2.24) is 9.78 Å². The van der Waals surface area contributed by atoms with Crippen LogP contribution in [0.2, 0.25) is 0 Å². The van der Waals surface area contributed by atoms with E-state index >= 15 is 0 Å². The molecule has 4 heteroatoms. The van der Waals surface area contributed by atoms with Crippen LogP contribution in [0.5, 0.6) is 0 Å². The number of nitrogens with zero attached hydrogens (tertiary/aromatic N) is 2. The molecule has 102 valence electrons. The predicted octanol–water partition coefficient (Wildman–Crippen LogP) is 2.79. The summed E-state index contributed by atoms with van der Waals surface area (Å²) in [6, 6.07) is 4.94. The molecule has 1 unspecified atom stereocenters. The molecular formula is C15H20FN3. The Kier molecular flexibility index (Phi) is 3.71. The van der Waals surface area contributed by atoms with Gasteiger partial charge in [-0.05, 0) is 43.5 Å². The van der Waals surface area contributed by atoms with Gasteiger partial charge >= 0.3 is 0 Å². The van der Waals surface area contributed by atoms with Gasteiger partial charge in [0.2, 0.25) is 0 Å². The molecule has 1 heterocycles. The molecule has 19 heavy (non-hydrogen) atoms. The van der Waals surface area contributed by atoms with Crippen molar-refractivity contribution >= 4 is 0 Å². The van der Waals surface area contributed by atoms with Gasteiger partial charge in [0, 0.05) is 12.6 Å². The van der Waals surface area contributed by atoms with Gasteiger partial charge in [-0.25, -0.2) is 4.39 Å². The molecule has 0 amide bonds. The average Bonchev–Trinajstić information content (AvgIpc) is 2.69. The van der Waals surface area contributed by atoms with E-state index in [4.69, 9.17) is 5.73 Å². The summed E-state index contributed by atoms with van der Waals surface area (Å²) in [6.07, 6.45) is 0.843. The minimum Gasteiger partial charge on any atom is -0.319 e. The Labute approximate surface area is 113 Å². The van der Waals surface area contributed by atoms with Crippen LogP contribution >= 0.6 is 0 Å². The van der Waals surface area contributed by atoms with E-state index < -0.39 is 6.04 Å². The van der Waals surface area contributed by atoms with Crippen molar-refractivity contribution in [2.75, 3.05) is 0 Å². The number of nitrogens with two attached hydrogens (primary N) is 1. The van der Waals surface area contributed by atoms with E-state index in [1.54, 1.807) is 4.68 Å². The molecule has 1 aromatic heterocycles. The minimum atomic E-state index is -0.488. The highest BCUT2D eigenvalue weighted by atomic mass is 19.1. The van der Waals surface area contributed by atoms with Crippen LogP contribution < -0.4 is 5.73 Å². The third-order valence-electron chi connectivity index (χ3n) is 3.44. The molecule has 0 saturated heterocycles. The van der Waals surface area contributed by atoms with Crippen molar-refractivity contribution in [3.63, 3.8) is 0 Å². The molecule has 1 aromatic carbocycles. The Morgan fingerprint density at radius 2 is 2.00 bits per heavy atom. The highest BCUT2D eigenvalue weighted by Gasteiger charge is 2.20. The molecule has 0 bridgehead atoms. The summed E-state index contributed by atoms with van der Waals surface area (Å²) in [5.74, 6) is -0.246. The third-order valence-corrected chi connectivity index (χ3v) is 3.44. The van der Waals surface area contributed by atoms with E-state index in [2.05, 4.69) is 5.10 Å². The van der Waals surface area contributed by atoms with Crippen LogP contribution in [0.15, 0.2) is 18.2 Å². The van der Waals surface area contributed by atoms with Gasteiger partial charge < -0.3 is 5.73 Å². The predicted molar refractivity (Wildman–Crippen MR) is 74.5 cm³/mol. The Hall–Kier alpha value is -1.68. The number of aromatic nitrogens is 2. The first-order chi connectivity index (χ1) is 8.93.